The van der Waals surface area contributed by atoms with Crippen LogP contribution in [0.1, 0.15) is 66.2 Å². The van der Waals surface area contributed by atoms with Gasteiger partial charge in [0.25, 0.3) is 0 Å². The first-order chi connectivity index (χ1) is 8.61. The number of hydrogen-bond donors (Lipinski definition) is 1. The molecule has 1 rings (SSSR count). The van der Waals surface area contributed by atoms with Crippen LogP contribution in [0.25, 0.3) is 0 Å². The van der Waals surface area contributed by atoms with Crippen LogP contribution in [0, 0.1) is 11.8 Å². The molecule has 4 unspecified atom stereocenters. The molecule has 0 aliphatic heterocycles. The standard InChI is InChI=1S/C16H33NO/c1-5-9-17-14(3)11-15(4)18-12-16-8-6-7-13(2)10-16/h13-17H,5-12H2,1-4H3. The summed E-state index contributed by atoms with van der Waals surface area (Å²) in [5, 5.41) is 3.53. The van der Waals surface area contributed by atoms with E-state index in [0.717, 1.165) is 31.4 Å². The SMILES string of the molecule is CCCNC(C)CC(C)OCC1CCCC(C)C1. The van der Waals surface area contributed by atoms with Gasteiger partial charge in [0.15, 0.2) is 0 Å². The van der Waals surface area contributed by atoms with Gasteiger partial charge in [-0.2, -0.15) is 0 Å². The quantitative estimate of drug-likeness (QED) is 0.708. The zero-order chi connectivity index (χ0) is 13.4. The highest BCUT2D eigenvalue weighted by Gasteiger charge is 2.20. The van der Waals surface area contributed by atoms with E-state index in [0.29, 0.717) is 12.1 Å². The highest BCUT2D eigenvalue weighted by Crippen LogP contribution is 2.28. The summed E-state index contributed by atoms with van der Waals surface area (Å²) in [6.45, 7) is 11.2. The summed E-state index contributed by atoms with van der Waals surface area (Å²) in [5.74, 6) is 1.72. The van der Waals surface area contributed by atoms with E-state index in [1.54, 1.807) is 0 Å². The lowest BCUT2D eigenvalue weighted by molar-refractivity contribution is 0.0174. The van der Waals surface area contributed by atoms with Gasteiger partial charge >= 0.3 is 0 Å². The van der Waals surface area contributed by atoms with E-state index >= 15 is 0 Å². The molecule has 2 heteroatoms. The highest BCUT2D eigenvalue weighted by molar-refractivity contribution is 4.71. The predicted octanol–water partition coefficient (Wildman–Crippen LogP) is 4.00. The molecule has 0 saturated heterocycles. The highest BCUT2D eigenvalue weighted by atomic mass is 16.5. The molecule has 0 amide bonds. The average Bonchev–Trinajstić information content (AvgIpc) is 2.34. The molecule has 1 fully saturated rings. The van der Waals surface area contributed by atoms with Crippen molar-refractivity contribution in [3.63, 3.8) is 0 Å². The molecule has 0 radical (unpaired) electrons. The molecule has 0 aromatic heterocycles. The Morgan fingerprint density at radius 3 is 2.72 bits per heavy atom. The van der Waals surface area contributed by atoms with Gasteiger partial charge in [-0.1, -0.05) is 26.7 Å². The van der Waals surface area contributed by atoms with E-state index in [-0.39, 0.29) is 0 Å². The van der Waals surface area contributed by atoms with E-state index in [2.05, 4.69) is 33.0 Å². The van der Waals surface area contributed by atoms with Crippen molar-refractivity contribution in [1.82, 2.24) is 5.32 Å². The molecule has 1 aliphatic carbocycles. The van der Waals surface area contributed by atoms with Crippen LogP contribution in [0.4, 0.5) is 0 Å². The van der Waals surface area contributed by atoms with E-state index in [9.17, 15) is 0 Å². The fraction of sp³-hybridized carbons (Fsp3) is 1.00. The van der Waals surface area contributed by atoms with Gasteiger partial charge in [-0.3, -0.25) is 0 Å². The zero-order valence-electron chi connectivity index (χ0n) is 12.9. The van der Waals surface area contributed by atoms with Crippen molar-refractivity contribution in [2.45, 2.75) is 78.4 Å². The fourth-order valence-corrected chi connectivity index (χ4v) is 3.05. The third kappa shape index (κ3) is 6.75. The van der Waals surface area contributed by atoms with Crippen LogP contribution < -0.4 is 5.32 Å². The van der Waals surface area contributed by atoms with Gasteiger partial charge in [-0.05, 0) is 57.9 Å². The van der Waals surface area contributed by atoms with Gasteiger partial charge in [0.2, 0.25) is 0 Å². The Kier molecular flexibility index (Phi) is 7.92. The maximum absolute atomic E-state index is 6.04. The molecule has 18 heavy (non-hydrogen) atoms. The summed E-state index contributed by atoms with van der Waals surface area (Å²) in [5.41, 5.74) is 0. The average molecular weight is 255 g/mol. The third-order valence-corrected chi connectivity index (χ3v) is 4.09. The lowest BCUT2D eigenvalue weighted by Crippen LogP contribution is -2.31. The van der Waals surface area contributed by atoms with Gasteiger partial charge in [-0.25, -0.2) is 0 Å². The minimum absolute atomic E-state index is 0.390. The number of rotatable bonds is 8. The third-order valence-electron chi connectivity index (χ3n) is 4.09. The van der Waals surface area contributed by atoms with Crippen LogP contribution in [0.3, 0.4) is 0 Å². The van der Waals surface area contributed by atoms with Crippen LogP contribution in [-0.4, -0.2) is 25.3 Å². The second kappa shape index (κ2) is 8.92. The van der Waals surface area contributed by atoms with Gasteiger partial charge in [-0.15, -0.1) is 0 Å². The first kappa shape index (κ1) is 16.0. The van der Waals surface area contributed by atoms with Gasteiger partial charge < -0.3 is 10.1 Å². The fourth-order valence-electron chi connectivity index (χ4n) is 3.05. The number of hydrogen-bond acceptors (Lipinski definition) is 2. The Morgan fingerprint density at radius 2 is 2.06 bits per heavy atom. The van der Waals surface area contributed by atoms with Crippen molar-refractivity contribution in [1.29, 1.82) is 0 Å². The summed E-state index contributed by atoms with van der Waals surface area (Å²) in [6, 6.07) is 0.574. The summed E-state index contributed by atoms with van der Waals surface area (Å²) in [6.07, 6.45) is 8.29. The zero-order valence-corrected chi connectivity index (χ0v) is 12.9. The molecule has 2 nitrogen and oxygen atoms in total. The van der Waals surface area contributed by atoms with Crippen molar-refractivity contribution in [3.05, 3.63) is 0 Å². The van der Waals surface area contributed by atoms with Gasteiger partial charge in [0, 0.05) is 12.6 Å². The minimum atomic E-state index is 0.390. The first-order valence-electron chi connectivity index (χ1n) is 7.96. The van der Waals surface area contributed by atoms with E-state index in [4.69, 9.17) is 4.74 Å². The van der Waals surface area contributed by atoms with Gasteiger partial charge in [0.1, 0.15) is 0 Å². The summed E-state index contributed by atoms with van der Waals surface area (Å²) >= 11 is 0. The maximum atomic E-state index is 6.04. The molecular weight excluding hydrogens is 222 g/mol. The minimum Gasteiger partial charge on any atom is -0.378 e. The summed E-state index contributed by atoms with van der Waals surface area (Å²) in [7, 11) is 0. The monoisotopic (exact) mass is 255 g/mol. The Bertz CT molecular complexity index is 207. The molecule has 1 N–H and O–H groups in total. The van der Waals surface area contributed by atoms with Crippen LogP contribution in [0.2, 0.25) is 0 Å². The summed E-state index contributed by atoms with van der Waals surface area (Å²) < 4.78 is 6.04. The molecule has 0 aromatic carbocycles. The molecule has 0 spiro atoms. The van der Waals surface area contributed by atoms with Crippen molar-refractivity contribution >= 4 is 0 Å². The lowest BCUT2D eigenvalue weighted by Gasteiger charge is -2.28. The Balaban J connectivity index is 2.10. The van der Waals surface area contributed by atoms with Crippen LogP contribution in [0.5, 0.6) is 0 Å². The Morgan fingerprint density at radius 1 is 1.28 bits per heavy atom. The van der Waals surface area contributed by atoms with Crippen LogP contribution >= 0.6 is 0 Å². The molecule has 0 aromatic rings. The molecule has 1 aliphatic rings. The second-order valence-corrected chi connectivity index (χ2v) is 6.37. The van der Waals surface area contributed by atoms with Gasteiger partial charge in [0.05, 0.1) is 6.10 Å². The van der Waals surface area contributed by atoms with Crippen molar-refractivity contribution in [2.75, 3.05) is 13.2 Å². The number of ether oxygens (including phenoxy) is 1. The molecule has 1 saturated carbocycles. The lowest BCUT2D eigenvalue weighted by atomic mass is 9.83. The second-order valence-electron chi connectivity index (χ2n) is 6.37. The largest absolute Gasteiger partial charge is 0.378 e. The number of nitrogens with one attached hydrogen (secondary N) is 1. The van der Waals surface area contributed by atoms with E-state index in [1.807, 2.05) is 0 Å². The molecule has 0 heterocycles. The molecular formula is C16H33NO. The van der Waals surface area contributed by atoms with Crippen LogP contribution in [0.15, 0.2) is 0 Å². The van der Waals surface area contributed by atoms with Crippen LogP contribution in [-0.2, 0) is 4.74 Å². The molecule has 0 bridgehead atoms. The predicted molar refractivity (Wildman–Crippen MR) is 78.9 cm³/mol. The van der Waals surface area contributed by atoms with E-state index in [1.165, 1.54) is 32.1 Å². The topological polar surface area (TPSA) is 21.3 Å². The smallest absolute Gasteiger partial charge is 0.0561 e. The van der Waals surface area contributed by atoms with Crippen molar-refractivity contribution < 1.29 is 4.74 Å². The normalized spacial score (nSPS) is 28.0. The summed E-state index contributed by atoms with van der Waals surface area (Å²) in [4.78, 5) is 0. The molecule has 4 atom stereocenters. The Hall–Kier alpha value is -0.0800. The van der Waals surface area contributed by atoms with E-state index < -0.39 is 0 Å². The van der Waals surface area contributed by atoms with Crippen molar-refractivity contribution in [3.8, 4) is 0 Å². The maximum Gasteiger partial charge on any atom is 0.0561 e. The van der Waals surface area contributed by atoms with Crippen molar-refractivity contribution in [2.24, 2.45) is 11.8 Å². The molecule has 108 valence electrons. The first-order valence-corrected chi connectivity index (χ1v) is 7.96. The Labute approximate surface area is 114 Å².